The molecule has 0 unspecified atom stereocenters. The van der Waals surface area contributed by atoms with Gasteiger partial charge in [-0.2, -0.15) is 0 Å². The van der Waals surface area contributed by atoms with Gasteiger partial charge < -0.3 is 25.4 Å². The highest BCUT2D eigenvalue weighted by Crippen LogP contribution is 2.32. The van der Waals surface area contributed by atoms with Gasteiger partial charge in [-0.1, -0.05) is 40.0 Å². The third-order valence-electron chi connectivity index (χ3n) is 6.48. The number of hydrogen-bond donors (Lipinski definition) is 4. The van der Waals surface area contributed by atoms with Gasteiger partial charge in [-0.15, -0.1) is 11.8 Å². The largest absolute Gasteiger partial charge is 0.388 e. The van der Waals surface area contributed by atoms with Crippen LogP contribution in [0.2, 0.25) is 0 Å². The predicted molar refractivity (Wildman–Crippen MR) is 121 cm³/mol. The zero-order valence-corrected chi connectivity index (χ0v) is 19.9. The van der Waals surface area contributed by atoms with Gasteiger partial charge in [0.05, 0.1) is 12.1 Å². The number of nitrogens with one attached hydrogen (secondary N) is 1. The molecule has 2 aliphatic rings. The second-order valence-corrected chi connectivity index (χ2v) is 10.1. The van der Waals surface area contributed by atoms with E-state index >= 15 is 0 Å². The van der Waals surface area contributed by atoms with Gasteiger partial charge in [-0.05, 0) is 30.9 Å². The number of ether oxygens (including phenoxy) is 1. The summed E-state index contributed by atoms with van der Waals surface area (Å²) in [5.74, 6) is 0.165. The number of unbranched alkanes of at least 4 members (excludes halogenated alkanes) is 2. The Kier molecular flexibility index (Phi) is 10.5. The molecule has 2 rings (SSSR count). The van der Waals surface area contributed by atoms with Crippen LogP contribution < -0.4 is 5.32 Å². The molecule has 0 bridgehead atoms. The van der Waals surface area contributed by atoms with Crippen LogP contribution in [0.4, 0.5) is 0 Å². The molecule has 8 atom stereocenters. The fourth-order valence-electron chi connectivity index (χ4n) is 4.66. The Morgan fingerprint density at radius 1 is 1.26 bits per heavy atom. The molecule has 0 radical (unpaired) electrons. The molecule has 0 aliphatic carbocycles. The Labute approximate surface area is 190 Å². The van der Waals surface area contributed by atoms with Crippen LogP contribution in [0.3, 0.4) is 0 Å². The molecule has 9 heteroatoms. The van der Waals surface area contributed by atoms with E-state index in [1.807, 2.05) is 18.7 Å². The number of carbonyl (C=O) groups is 1. The highest BCUT2D eigenvalue weighted by molar-refractivity contribution is 7.99. The van der Waals surface area contributed by atoms with Gasteiger partial charge >= 0.3 is 0 Å². The average Bonchev–Trinajstić information content (AvgIpc) is 3.14. The molecule has 31 heavy (non-hydrogen) atoms. The molecular weight excluding hydrogens is 418 g/mol. The van der Waals surface area contributed by atoms with E-state index in [0.29, 0.717) is 5.92 Å². The van der Waals surface area contributed by atoms with E-state index in [9.17, 15) is 20.1 Å². The van der Waals surface area contributed by atoms with Gasteiger partial charge in [-0.3, -0.25) is 9.64 Å². The number of thioether (sulfide) groups is 1. The fraction of sp³-hybridized carbons (Fsp3) is 0.909. The van der Waals surface area contributed by atoms with Crippen molar-refractivity contribution in [1.29, 1.82) is 0 Å². The molecule has 0 saturated carbocycles. The molecule has 0 aromatic heterocycles. The van der Waals surface area contributed by atoms with Crippen LogP contribution >= 0.6 is 11.8 Å². The lowest BCUT2D eigenvalue weighted by Crippen LogP contribution is -2.64. The number of aliphatic hydroxyl groups is 3. The van der Waals surface area contributed by atoms with Gasteiger partial charge in [0.25, 0.3) is 6.67 Å². The quantitative estimate of drug-likeness (QED) is 0.291. The van der Waals surface area contributed by atoms with Crippen LogP contribution in [0.25, 0.3) is 4.85 Å². The van der Waals surface area contributed by atoms with E-state index < -0.39 is 35.9 Å². The van der Waals surface area contributed by atoms with Crippen molar-refractivity contribution in [1.82, 2.24) is 10.2 Å². The Bertz CT molecular complexity index is 614. The van der Waals surface area contributed by atoms with Crippen molar-refractivity contribution in [2.24, 2.45) is 11.8 Å². The standard InChI is InChI=1S/C22H39N3O5S/c1-6-7-8-9-14-10-15(25(11-14)12-23-4)21(29)24-16(13(2)3)20-18(27)17(26)19(28)22(30-20)31-5/h13-20,22,26-28H,6-12H2,1-3,5H3,(H,24,29)/t14-,15+,16-,17+,18-,19-,20-,22-/m1/s1. The van der Waals surface area contributed by atoms with Crippen molar-refractivity contribution in [2.75, 3.05) is 19.5 Å². The van der Waals surface area contributed by atoms with Crippen molar-refractivity contribution >= 4 is 17.7 Å². The van der Waals surface area contributed by atoms with Crippen LogP contribution in [0.15, 0.2) is 0 Å². The number of likely N-dealkylation sites (tertiary alicyclic amines) is 1. The highest BCUT2D eigenvalue weighted by Gasteiger charge is 2.48. The lowest BCUT2D eigenvalue weighted by molar-refractivity contribution is -0.208. The summed E-state index contributed by atoms with van der Waals surface area (Å²) in [7, 11) is 0. The summed E-state index contributed by atoms with van der Waals surface area (Å²) in [6.07, 6.45) is 2.31. The molecule has 4 N–H and O–H groups in total. The maximum Gasteiger partial charge on any atom is 0.271 e. The number of nitrogens with zero attached hydrogens (tertiary/aromatic N) is 2. The minimum Gasteiger partial charge on any atom is -0.388 e. The normalized spacial score (nSPS) is 35.1. The number of amides is 1. The third-order valence-corrected chi connectivity index (χ3v) is 7.34. The Morgan fingerprint density at radius 3 is 2.55 bits per heavy atom. The van der Waals surface area contributed by atoms with Gasteiger partial charge in [-0.25, -0.2) is 11.5 Å². The van der Waals surface area contributed by atoms with Crippen molar-refractivity contribution in [3.8, 4) is 0 Å². The molecule has 0 spiro atoms. The summed E-state index contributed by atoms with van der Waals surface area (Å²) < 4.78 is 5.90. The van der Waals surface area contributed by atoms with E-state index in [0.717, 1.165) is 32.2 Å². The van der Waals surface area contributed by atoms with Gasteiger partial charge in [0, 0.05) is 6.54 Å². The van der Waals surface area contributed by atoms with Gasteiger partial charge in [0.2, 0.25) is 5.91 Å². The van der Waals surface area contributed by atoms with E-state index in [1.165, 1.54) is 18.2 Å². The van der Waals surface area contributed by atoms with E-state index in [1.54, 1.807) is 6.26 Å². The molecular formula is C22H39N3O5S. The molecule has 1 amide bonds. The SMILES string of the molecule is [C-]#[N+]CN1C[C@H](CCCCC)C[C@H]1C(=O)N[C@H](C(C)C)[C@H]1O[C@H](SC)[C@H](O)[C@@H](O)[C@H]1O. The molecule has 0 aromatic rings. The fourth-order valence-corrected chi connectivity index (χ4v) is 5.34. The molecule has 178 valence electrons. The number of carbonyl (C=O) groups excluding carboxylic acids is 1. The second-order valence-electron chi connectivity index (χ2n) is 9.14. The Morgan fingerprint density at radius 2 is 1.97 bits per heavy atom. The zero-order chi connectivity index (χ0) is 23.1. The molecule has 2 heterocycles. The topological polar surface area (TPSA) is 107 Å². The van der Waals surface area contributed by atoms with Crippen molar-refractivity contribution in [2.45, 2.75) is 94.8 Å². The first-order valence-electron chi connectivity index (χ1n) is 11.3. The number of aliphatic hydroxyl groups excluding tert-OH is 3. The van der Waals surface area contributed by atoms with Crippen LogP contribution in [0, 0.1) is 18.4 Å². The summed E-state index contributed by atoms with van der Waals surface area (Å²) in [5, 5.41) is 34.0. The predicted octanol–water partition coefficient (Wildman–Crippen LogP) is 1.45. The maximum atomic E-state index is 13.3. The Hall–Kier alpha value is -0.890. The molecule has 2 aliphatic heterocycles. The first kappa shape index (κ1) is 26.4. The smallest absolute Gasteiger partial charge is 0.271 e. The van der Waals surface area contributed by atoms with Gasteiger partial charge in [0.1, 0.15) is 29.9 Å². The summed E-state index contributed by atoms with van der Waals surface area (Å²) in [4.78, 5) is 18.7. The minimum absolute atomic E-state index is 0.0652. The van der Waals surface area contributed by atoms with Crippen molar-refractivity contribution < 1.29 is 24.9 Å². The van der Waals surface area contributed by atoms with Crippen LogP contribution in [0.5, 0.6) is 0 Å². The first-order valence-corrected chi connectivity index (χ1v) is 12.6. The zero-order valence-electron chi connectivity index (χ0n) is 19.1. The lowest BCUT2D eigenvalue weighted by atomic mass is 9.88. The van der Waals surface area contributed by atoms with Crippen LogP contribution in [-0.2, 0) is 9.53 Å². The number of hydrogen-bond acceptors (Lipinski definition) is 7. The van der Waals surface area contributed by atoms with Crippen molar-refractivity contribution in [3.05, 3.63) is 11.4 Å². The molecule has 8 nitrogen and oxygen atoms in total. The molecule has 0 aromatic carbocycles. The average molecular weight is 458 g/mol. The highest BCUT2D eigenvalue weighted by atomic mass is 32.2. The van der Waals surface area contributed by atoms with E-state index in [-0.39, 0.29) is 24.5 Å². The van der Waals surface area contributed by atoms with E-state index in [2.05, 4.69) is 17.1 Å². The maximum absolute atomic E-state index is 13.3. The summed E-state index contributed by atoms with van der Waals surface area (Å²) in [5.41, 5.74) is -0.686. The summed E-state index contributed by atoms with van der Waals surface area (Å²) in [6.45, 7) is 14.2. The van der Waals surface area contributed by atoms with Crippen LogP contribution in [0.1, 0.15) is 52.9 Å². The molecule has 2 saturated heterocycles. The summed E-state index contributed by atoms with van der Waals surface area (Å²) >= 11 is 1.26. The number of rotatable bonds is 10. The lowest BCUT2D eigenvalue weighted by Gasteiger charge is -2.44. The van der Waals surface area contributed by atoms with Crippen molar-refractivity contribution in [3.63, 3.8) is 0 Å². The Balaban J connectivity index is 2.11. The summed E-state index contributed by atoms with van der Waals surface area (Å²) in [6, 6.07) is -0.914. The molecule has 2 fully saturated rings. The van der Waals surface area contributed by atoms with E-state index in [4.69, 9.17) is 11.3 Å². The first-order chi connectivity index (χ1) is 14.7. The van der Waals surface area contributed by atoms with Crippen LogP contribution in [-0.4, -0.2) is 87.5 Å². The third kappa shape index (κ3) is 6.56. The second kappa shape index (κ2) is 12.4. The minimum atomic E-state index is -1.35. The monoisotopic (exact) mass is 457 g/mol. The van der Waals surface area contributed by atoms with Gasteiger partial charge in [0.15, 0.2) is 0 Å².